The fourth-order valence-corrected chi connectivity index (χ4v) is 3.25. The van der Waals surface area contributed by atoms with Gasteiger partial charge in [0.25, 0.3) is 8.00 Å². The molecular formula is C15H21O3P. The van der Waals surface area contributed by atoms with Gasteiger partial charge in [0.2, 0.25) is 0 Å². The van der Waals surface area contributed by atoms with Crippen molar-refractivity contribution in [2.45, 2.75) is 51.9 Å². The smallest absolute Gasteiger partial charge is 0.283 e. The summed E-state index contributed by atoms with van der Waals surface area (Å²) in [5, 5.41) is 0.896. The molecule has 0 fully saturated rings. The monoisotopic (exact) mass is 280 g/mol. The highest BCUT2D eigenvalue weighted by atomic mass is 31.1. The van der Waals surface area contributed by atoms with Gasteiger partial charge in [0, 0.05) is 11.1 Å². The molecular weight excluding hydrogens is 259 g/mol. The van der Waals surface area contributed by atoms with Crippen molar-refractivity contribution in [3.63, 3.8) is 0 Å². The largest absolute Gasteiger partial charge is 0.599 e. The summed E-state index contributed by atoms with van der Waals surface area (Å²) in [7, 11) is -1.82. The minimum Gasteiger partial charge on any atom is -0.599 e. The van der Waals surface area contributed by atoms with Crippen molar-refractivity contribution in [3.8, 4) is 5.75 Å². The molecule has 19 heavy (non-hydrogen) atoms. The van der Waals surface area contributed by atoms with E-state index in [2.05, 4.69) is 6.92 Å². The highest BCUT2D eigenvalue weighted by Gasteiger charge is 2.25. The summed E-state index contributed by atoms with van der Waals surface area (Å²) in [5.41, 5.74) is 0.948. The second-order valence-electron chi connectivity index (χ2n) is 4.88. The van der Waals surface area contributed by atoms with Crippen molar-refractivity contribution in [2.24, 2.45) is 0 Å². The van der Waals surface area contributed by atoms with Crippen LogP contribution in [0, 0.1) is 0 Å². The van der Waals surface area contributed by atoms with E-state index in [9.17, 15) is 4.89 Å². The van der Waals surface area contributed by atoms with Gasteiger partial charge in [0.1, 0.15) is 0 Å². The first-order valence-corrected chi connectivity index (χ1v) is 8.28. The number of unbranched alkanes of at least 4 members (excludes halogenated alkanes) is 5. The van der Waals surface area contributed by atoms with Crippen molar-refractivity contribution in [2.75, 3.05) is 0 Å². The maximum absolute atomic E-state index is 11.9. The van der Waals surface area contributed by atoms with Crippen LogP contribution in [0.15, 0.2) is 24.3 Å². The molecule has 104 valence electrons. The summed E-state index contributed by atoms with van der Waals surface area (Å²) in [5.74, 6) is 0.679. The zero-order chi connectivity index (χ0) is 13.5. The van der Waals surface area contributed by atoms with Crippen LogP contribution in [-0.2, 0) is 4.67 Å². The Morgan fingerprint density at radius 1 is 1.05 bits per heavy atom. The topological polar surface area (TPSA) is 41.5 Å². The van der Waals surface area contributed by atoms with Crippen LogP contribution in [0.25, 0.3) is 0 Å². The lowest BCUT2D eigenvalue weighted by Gasteiger charge is -2.14. The Kier molecular flexibility index (Phi) is 5.84. The second kappa shape index (κ2) is 7.64. The van der Waals surface area contributed by atoms with E-state index in [0.717, 1.165) is 23.7 Å². The normalized spacial score (nSPS) is 16.1. The lowest BCUT2D eigenvalue weighted by molar-refractivity contribution is -0.218. The number of rotatable bonds is 7. The molecule has 1 aromatic rings. The fraction of sp³-hybridized carbons (Fsp3) is 0.533. The summed E-state index contributed by atoms with van der Waals surface area (Å²) in [6.45, 7) is 2.22. The average molecular weight is 280 g/mol. The molecule has 0 spiro atoms. The van der Waals surface area contributed by atoms with Crippen LogP contribution >= 0.6 is 8.00 Å². The van der Waals surface area contributed by atoms with Crippen molar-refractivity contribution >= 4 is 13.3 Å². The molecule has 4 heteroatoms. The Morgan fingerprint density at radius 3 is 2.63 bits per heavy atom. The SMILES string of the molecule is CCCCCCCCC1=[P+]([O-])OOc2ccccc21. The Bertz CT molecular complexity index is 443. The van der Waals surface area contributed by atoms with Gasteiger partial charge in [-0.1, -0.05) is 51.2 Å². The van der Waals surface area contributed by atoms with E-state index in [1.54, 1.807) is 0 Å². The molecule has 1 aliphatic rings. The zero-order valence-electron chi connectivity index (χ0n) is 11.4. The molecule has 1 aromatic carbocycles. The summed E-state index contributed by atoms with van der Waals surface area (Å²) in [4.78, 5) is 16.9. The van der Waals surface area contributed by atoms with Gasteiger partial charge in [-0.15, -0.1) is 0 Å². The maximum atomic E-state index is 11.9. The number of benzene rings is 1. The van der Waals surface area contributed by atoms with Crippen LogP contribution in [0.2, 0.25) is 0 Å². The van der Waals surface area contributed by atoms with Crippen LogP contribution in [0.3, 0.4) is 0 Å². The van der Waals surface area contributed by atoms with Gasteiger partial charge < -0.3 is 4.89 Å². The minimum atomic E-state index is -1.82. The molecule has 0 saturated carbocycles. The molecule has 0 saturated heterocycles. The molecule has 0 radical (unpaired) electrons. The van der Waals surface area contributed by atoms with Crippen LogP contribution in [0.1, 0.15) is 57.4 Å². The van der Waals surface area contributed by atoms with Crippen molar-refractivity contribution < 1.29 is 14.5 Å². The van der Waals surface area contributed by atoms with Crippen LogP contribution < -0.4 is 9.78 Å². The molecule has 3 nitrogen and oxygen atoms in total. The second-order valence-corrected chi connectivity index (χ2v) is 6.08. The number of fused-ring (bicyclic) bond motifs is 1. The predicted octanol–water partition coefficient (Wildman–Crippen LogP) is 3.95. The van der Waals surface area contributed by atoms with Gasteiger partial charge in [0.05, 0.1) is 5.56 Å². The molecule has 0 aromatic heterocycles. The average Bonchev–Trinajstić information content (AvgIpc) is 2.44. The van der Waals surface area contributed by atoms with Crippen LogP contribution in [0.4, 0.5) is 0 Å². The van der Waals surface area contributed by atoms with E-state index in [0.29, 0.717) is 5.75 Å². The van der Waals surface area contributed by atoms with E-state index < -0.39 is 8.00 Å². The third-order valence-electron chi connectivity index (χ3n) is 3.38. The van der Waals surface area contributed by atoms with Gasteiger partial charge in [-0.25, -0.2) is 0 Å². The summed E-state index contributed by atoms with van der Waals surface area (Å²) in [6.07, 6.45) is 8.23. The van der Waals surface area contributed by atoms with Gasteiger partial charge in [-0.05, 0) is 18.6 Å². The molecule has 2 rings (SSSR count). The quantitative estimate of drug-likeness (QED) is 0.431. The maximum Gasteiger partial charge on any atom is 0.283 e. The molecule has 0 aliphatic carbocycles. The molecule has 1 atom stereocenters. The van der Waals surface area contributed by atoms with Gasteiger partial charge in [-0.3, -0.25) is 4.89 Å². The number of hydrogen-bond donors (Lipinski definition) is 0. The van der Waals surface area contributed by atoms with Gasteiger partial charge in [0.15, 0.2) is 11.0 Å². The van der Waals surface area contributed by atoms with Crippen LogP contribution in [-0.4, -0.2) is 5.29 Å². The molecule has 0 amide bonds. The lowest BCUT2D eigenvalue weighted by atomic mass is 10.0. The Labute approximate surface area is 116 Å². The molecule has 1 aliphatic heterocycles. The zero-order valence-corrected chi connectivity index (χ0v) is 12.3. The summed E-state index contributed by atoms with van der Waals surface area (Å²) in [6, 6.07) is 7.64. The van der Waals surface area contributed by atoms with Crippen molar-refractivity contribution in [1.29, 1.82) is 0 Å². The third kappa shape index (κ3) is 4.04. The Balaban J connectivity index is 1.88. The molecule has 1 unspecified atom stereocenters. The standard InChI is InChI=1S/C15H21O3P/c1-2-3-4-5-6-7-12-15-13-10-8-9-11-14(13)17-18-19(15)16/h8-11H,2-7,12H2,1H3. The van der Waals surface area contributed by atoms with Crippen molar-refractivity contribution in [3.05, 3.63) is 29.8 Å². The first-order chi connectivity index (χ1) is 9.33. The number of para-hydroxylation sites is 1. The van der Waals surface area contributed by atoms with Gasteiger partial charge in [-0.2, -0.15) is 0 Å². The van der Waals surface area contributed by atoms with E-state index in [1.165, 1.54) is 32.1 Å². The van der Waals surface area contributed by atoms with E-state index in [-0.39, 0.29) is 0 Å². The van der Waals surface area contributed by atoms with Crippen molar-refractivity contribution in [1.82, 2.24) is 0 Å². The number of hydrogen-bond acceptors (Lipinski definition) is 3. The van der Waals surface area contributed by atoms with E-state index in [4.69, 9.17) is 9.56 Å². The Hall–Kier alpha value is -0.890. The predicted molar refractivity (Wildman–Crippen MR) is 77.2 cm³/mol. The lowest BCUT2D eigenvalue weighted by Crippen LogP contribution is -2.15. The fourth-order valence-electron chi connectivity index (χ4n) is 2.29. The summed E-state index contributed by atoms with van der Waals surface area (Å²) >= 11 is 0. The summed E-state index contributed by atoms with van der Waals surface area (Å²) < 4.78 is 4.88. The minimum absolute atomic E-state index is 0.679. The van der Waals surface area contributed by atoms with E-state index in [1.807, 2.05) is 24.3 Å². The molecule has 0 bridgehead atoms. The van der Waals surface area contributed by atoms with E-state index >= 15 is 0 Å². The Morgan fingerprint density at radius 2 is 1.79 bits per heavy atom. The molecule has 1 heterocycles. The van der Waals surface area contributed by atoms with Crippen LogP contribution in [0.5, 0.6) is 5.75 Å². The third-order valence-corrected chi connectivity index (χ3v) is 4.50. The highest BCUT2D eigenvalue weighted by Crippen LogP contribution is 2.35. The molecule has 0 N–H and O–H groups in total. The first kappa shape index (κ1) is 14.5. The van der Waals surface area contributed by atoms with Gasteiger partial charge >= 0.3 is 0 Å². The highest BCUT2D eigenvalue weighted by molar-refractivity contribution is 7.47. The first-order valence-electron chi connectivity index (χ1n) is 7.10.